The van der Waals surface area contributed by atoms with Crippen LogP contribution in [-0.2, 0) is 6.42 Å². The number of unbranched alkanes of at least 4 members (excludes halogenated alkanes) is 11. The maximum absolute atomic E-state index is 6.13. The lowest BCUT2D eigenvalue weighted by molar-refractivity contribution is 0.299. The molecule has 0 amide bonds. The highest BCUT2D eigenvalue weighted by Crippen LogP contribution is 2.40. The highest BCUT2D eigenvalue weighted by atomic mass is 16.5. The minimum absolute atomic E-state index is 0.801. The molecule has 0 spiro atoms. The minimum atomic E-state index is 0.801. The fourth-order valence-electron chi connectivity index (χ4n) is 4.13. The smallest absolute Gasteiger partial charge is 0.134 e. The van der Waals surface area contributed by atoms with Crippen LogP contribution in [0.4, 0.5) is 0 Å². The lowest BCUT2D eigenvalue weighted by Crippen LogP contribution is -2.06. The third-order valence-electron chi connectivity index (χ3n) is 5.91. The van der Waals surface area contributed by atoms with Crippen molar-refractivity contribution in [1.82, 2.24) is 0 Å². The molecule has 0 unspecified atom stereocenters. The molecule has 0 atom stereocenters. The third kappa shape index (κ3) is 7.10. The molecule has 158 valence electrons. The standard InChI is InChI=1S/C27H38O2/c1-2-3-4-5-6-7-8-9-10-11-12-15-21-28-26-19-16-20-27-24(26)22-23-17-13-14-18-25(23)29-27/h13-14,16-20H,2-12,15,21-22H2,1H3. The Hall–Kier alpha value is -1.96. The van der Waals surface area contributed by atoms with Crippen LogP contribution >= 0.6 is 0 Å². The summed E-state index contributed by atoms with van der Waals surface area (Å²) in [7, 11) is 0. The normalized spacial score (nSPS) is 12.2. The van der Waals surface area contributed by atoms with E-state index in [1.54, 1.807) is 0 Å². The molecule has 0 aliphatic carbocycles. The maximum Gasteiger partial charge on any atom is 0.134 e. The lowest BCUT2D eigenvalue weighted by Gasteiger charge is -2.22. The lowest BCUT2D eigenvalue weighted by atomic mass is 9.99. The Labute approximate surface area is 177 Å². The SMILES string of the molecule is CCCCCCCCCCCCCCOc1cccc2c1Cc1ccccc1O2. The van der Waals surface area contributed by atoms with Crippen molar-refractivity contribution in [1.29, 1.82) is 0 Å². The van der Waals surface area contributed by atoms with Crippen LogP contribution in [0.3, 0.4) is 0 Å². The zero-order chi connectivity index (χ0) is 20.2. The van der Waals surface area contributed by atoms with E-state index < -0.39 is 0 Å². The van der Waals surface area contributed by atoms with Gasteiger partial charge in [0.15, 0.2) is 0 Å². The summed E-state index contributed by atoms with van der Waals surface area (Å²) in [6, 6.07) is 14.4. The summed E-state index contributed by atoms with van der Waals surface area (Å²) in [6.45, 7) is 3.09. The van der Waals surface area contributed by atoms with Gasteiger partial charge in [0.25, 0.3) is 0 Å². The molecule has 0 fully saturated rings. The Morgan fingerprint density at radius 1 is 0.690 bits per heavy atom. The van der Waals surface area contributed by atoms with Crippen molar-refractivity contribution >= 4 is 0 Å². The average Bonchev–Trinajstić information content (AvgIpc) is 2.75. The molecule has 0 saturated carbocycles. The van der Waals surface area contributed by atoms with Gasteiger partial charge in [-0.3, -0.25) is 0 Å². The fourth-order valence-corrected chi connectivity index (χ4v) is 4.13. The minimum Gasteiger partial charge on any atom is -0.493 e. The molecule has 0 radical (unpaired) electrons. The maximum atomic E-state index is 6.13. The van der Waals surface area contributed by atoms with Gasteiger partial charge in [-0.15, -0.1) is 0 Å². The van der Waals surface area contributed by atoms with Gasteiger partial charge in [0.05, 0.1) is 6.61 Å². The van der Waals surface area contributed by atoms with Gasteiger partial charge in [0, 0.05) is 12.0 Å². The van der Waals surface area contributed by atoms with Crippen LogP contribution in [0.25, 0.3) is 0 Å². The summed E-state index contributed by atoms with van der Waals surface area (Å²) in [5.74, 6) is 2.90. The number of fused-ring (bicyclic) bond motifs is 2. The van der Waals surface area contributed by atoms with E-state index in [2.05, 4.69) is 25.1 Å². The first kappa shape index (κ1) is 21.7. The zero-order valence-electron chi connectivity index (χ0n) is 18.3. The predicted octanol–water partition coefficient (Wildman–Crippen LogP) is 8.46. The summed E-state index contributed by atoms with van der Waals surface area (Å²) in [5.41, 5.74) is 2.42. The molecule has 0 N–H and O–H groups in total. The molecule has 29 heavy (non-hydrogen) atoms. The highest BCUT2D eigenvalue weighted by molar-refractivity contribution is 5.54. The van der Waals surface area contributed by atoms with E-state index in [1.807, 2.05) is 24.3 Å². The molecular formula is C27H38O2. The second kappa shape index (κ2) is 12.6. The topological polar surface area (TPSA) is 18.5 Å². The van der Waals surface area contributed by atoms with E-state index in [4.69, 9.17) is 9.47 Å². The van der Waals surface area contributed by atoms with Crippen molar-refractivity contribution in [2.45, 2.75) is 90.4 Å². The molecule has 0 bridgehead atoms. The second-order valence-electron chi connectivity index (χ2n) is 8.36. The second-order valence-corrected chi connectivity index (χ2v) is 8.36. The van der Waals surface area contributed by atoms with Gasteiger partial charge >= 0.3 is 0 Å². The number of ether oxygens (including phenoxy) is 2. The zero-order valence-corrected chi connectivity index (χ0v) is 18.3. The quantitative estimate of drug-likeness (QED) is 0.255. The number of benzene rings is 2. The summed E-state index contributed by atoms with van der Waals surface area (Å²) in [4.78, 5) is 0. The summed E-state index contributed by atoms with van der Waals surface area (Å²) >= 11 is 0. The van der Waals surface area contributed by atoms with Gasteiger partial charge in [-0.1, -0.05) is 102 Å². The summed E-state index contributed by atoms with van der Waals surface area (Å²) in [5, 5.41) is 0. The van der Waals surface area contributed by atoms with E-state index in [1.165, 1.54) is 81.8 Å². The van der Waals surface area contributed by atoms with Crippen LogP contribution in [-0.4, -0.2) is 6.61 Å². The van der Waals surface area contributed by atoms with Crippen molar-refractivity contribution in [2.24, 2.45) is 0 Å². The van der Waals surface area contributed by atoms with Crippen molar-refractivity contribution in [3.63, 3.8) is 0 Å². The van der Waals surface area contributed by atoms with Crippen LogP contribution in [0.1, 0.15) is 95.1 Å². The van der Waals surface area contributed by atoms with E-state index in [0.29, 0.717) is 0 Å². The van der Waals surface area contributed by atoms with E-state index in [0.717, 1.165) is 36.7 Å². The van der Waals surface area contributed by atoms with Crippen molar-refractivity contribution in [3.05, 3.63) is 53.6 Å². The van der Waals surface area contributed by atoms with E-state index >= 15 is 0 Å². The Bertz CT molecular complexity index is 722. The van der Waals surface area contributed by atoms with Crippen molar-refractivity contribution in [3.8, 4) is 17.2 Å². The third-order valence-corrected chi connectivity index (χ3v) is 5.91. The number of para-hydroxylation sites is 1. The van der Waals surface area contributed by atoms with Crippen molar-refractivity contribution < 1.29 is 9.47 Å². The monoisotopic (exact) mass is 394 g/mol. The molecule has 1 aliphatic heterocycles. The largest absolute Gasteiger partial charge is 0.493 e. The first-order chi connectivity index (χ1) is 14.4. The van der Waals surface area contributed by atoms with Gasteiger partial charge in [-0.05, 0) is 30.2 Å². The van der Waals surface area contributed by atoms with Crippen LogP contribution in [0.5, 0.6) is 17.2 Å². The van der Waals surface area contributed by atoms with E-state index in [9.17, 15) is 0 Å². The molecule has 0 aromatic heterocycles. The Kier molecular flexibility index (Phi) is 9.42. The van der Waals surface area contributed by atoms with Gasteiger partial charge in [-0.25, -0.2) is 0 Å². The van der Waals surface area contributed by atoms with Gasteiger partial charge < -0.3 is 9.47 Å². The average molecular weight is 395 g/mol. The fraction of sp³-hybridized carbons (Fsp3) is 0.556. The van der Waals surface area contributed by atoms with Gasteiger partial charge in [-0.2, -0.15) is 0 Å². The molecule has 3 rings (SSSR count). The van der Waals surface area contributed by atoms with Gasteiger partial charge in [0.1, 0.15) is 17.2 Å². The molecule has 1 aliphatic rings. The van der Waals surface area contributed by atoms with Crippen LogP contribution in [0.2, 0.25) is 0 Å². The Morgan fingerprint density at radius 3 is 2.03 bits per heavy atom. The number of hydrogen-bond donors (Lipinski definition) is 0. The summed E-state index contributed by atoms with van der Waals surface area (Å²) in [6.07, 6.45) is 17.3. The number of hydrogen-bond acceptors (Lipinski definition) is 2. The van der Waals surface area contributed by atoms with E-state index in [-0.39, 0.29) is 0 Å². The first-order valence-corrected chi connectivity index (χ1v) is 11.9. The Balaban J connectivity index is 1.27. The van der Waals surface area contributed by atoms with Crippen molar-refractivity contribution in [2.75, 3.05) is 6.61 Å². The number of rotatable bonds is 14. The molecule has 2 aromatic carbocycles. The first-order valence-electron chi connectivity index (χ1n) is 11.9. The Morgan fingerprint density at radius 2 is 1.31 bits per heavy atom. The summed E-state index contributed by atoms with van der Waals surface area (Å²) < 4.78 is 12.2. The molecule has 0 saturated heterocycles. The predicted molar refractivity (Wildman–Crippen MR) is 122 cm³/mol. The van der Waals surface area contributed by atoms with Crippen LogP contribution in [0, 0.1) is 0 Å². The molecular weight excluding hydrogens is 356 g/mol. The van der Waals surface area contributed by atoms with Gasteiger partial charge in [0.2, 0.25) is 0 Å². The molecule has 1 heterocycles. The molecule has 2 nitrogen and oxygen atoms in total. The molecule has 2 aromatic rings. The molecule has 2 heteroatoms. The van der Waals surface area contributed by atoms with Crippen LogP contribution < -0.4 is 9.47 Å². The van der Waals surface area contributed by atoms with Crippen LogP contribution in [0.15, 0.2) is 42.5 Å². The highest BCUT2D eigenvalue weighted by Gasteiger charge is 2.19.